The third-order valence-corrected chi connectivity index (χ3v) is 5.03. The molecule has 1 N–H and O–H groups in total. The number of hydrogen-bond donors (Lipinski definition) is 1. The van der Waals surface area contributed by atoms with Crippen molar-refractivity contribution in [2.24, 2.45) is 0 Å². The second kappa shape index (κ2) is 5.08. The zero-order chi connectivity index (χ0) is 11.7. The second-order valence-electron chi connectivity index (χ2n) is 4.40. The zero-order valence-corrected chi connectivity index (χ0v) is 12.4. The lowest BCUT2D eigenvalue weighted by Crippen LogP contribution is -2.29. The Bertz CT molecular complexity index is 503. The molecule has 0 aliphatic carbocycles. The van der Waals surface area contributed by atoms with Crippen molar-refractivity contribution in [1.82, 2.24) is 5.32 Å². The Balaban J connectivity index is 1.81. The van der Waals surface area contributed by atoms with E-state index >= 15 is 0 Å². The minimum Gasteiger partial charge on any atom is -0.309 e. The molecule has 3 heteroatoms. The summed E-state index contributed by atoms with van der Waals surface area (Å²) in [4.78, 5) is 1.54. The molecular formula is C14H14INS. The summed E-state index contributed by atoms with van der Waals surface area (Å²) in [5, 5.41) is 5.85. The molecular weight excluding hydrogens is 341 g/mol. The molecule has 17 heavy (non-hydrogen) atoms. The highest BCUT2D eigenvalue weighted by atomic mass is 127. The van der Waals surface area contributed by atoms with Crippen LogP contribution in [0.3, 0.4) is 0 Å². The van der Waals surface area contributed by atoms with E-state index in [1.54, 1.807) is 5.56 Å². The summed E-state index contributed by atoms with van der Waals surface area (Å²) in [6, 6.07) is 11.7. The van der Waals surface area contributed by atoms with Gasteiger partial charge in [0.15, 0.2) is 0 Å². The van der Waals surface area contributed by atoms with Gasteiger partial charge in [-0.15, -0.1) is 11.3 Å². The van der Waals surface area contributed by atoms with Crippen LogP contribution in [-0.2, 0) is 12.8 Å². The van der Waals surface area contributed by atoms with Crippen molar-refractivity contribution in [2.75, 3.05) is 6.54 Å². The van der Waals surface area contributed by atoms with E-state index in [-0.39, 0.29) is 0 Å². The fourth-order valence-electron chi connectivity index (χ4n) is 2.35. The van der Waals surface area contributed by atoms with Gasteiger partial charge in [-0.1, -0.05) is 12.1 Å². The van der Waals surface area contributed by atoms with Gasteiger partial charge >= 0.3 is 0 Å². The number of benzene rings is 1. The van der Waals surface area contributed by atoms with Gasteiger partial charge in [-0.05, 0) is 76.7 Å². The first kappa shape index (κ1) is 11.7. The van der Waals surface area contributed by atoms with Crippen LogP contribution in [-0.4, -0.2) is 6.54 Å². The molecule has 2 aromatic rings. The Morgan fingerprint density at radius 3 is 2.88 bits per heavy atom. The smallest absolute Gasteiger partial charge is 0.0458 e. The lowest BCUT2D eigenvalue weighted by Gasteiger charge is -2.24. The molecule has 0 saturated heterocycles. The number of fused-ring (bicyclic) bond motifs is 1. The minimum absolute atomic E-state index is 0.513. The normalized spacial score (nSPS) is 19.0. The molecule has 3 rings (SSSR count). The maximum atomic E-state index is 3.63. The first-order valence-electron chi connectivity index (χ1n) is 5.87. The first-order chi connectivity index (χ1) is 8.33. The number of thiophene rings is 1. The van der Waals surface area contributed by atoms with Crippen LogP contribution in [0.15, 0.2) is 35.7 Å². The Morgan fingerprint density at radius 2 is 2.06 bits per heavy atom. The van der Waals surface area contributed by atoms with Crippen molar-refractivity contribution in [3.63, 3.8) is 0 Å². The predicted octanol–water partition coefficient (Wildman–Crippen LogP) is 3.78. The molecule has 0 amide bonds. The molecule has 1 aromatic heterocycles. The third-order valence-electron chi connectivity index (χ3n) is 3.24. The minimum atomic E-state index is 0.513. The summed E-state index contributed by atoms with van der Waals surface area (Å²) < 4.78 is 1.31. The van der Waals surface area contributed by atoms with Crippen LogP contribution in [0.2, 0.25) is 0 Å². The largest absolute Gasteiger partial charge is 0.309 e. The highest BCUT2D eigenvalue weighted by Crippen LogP contribution is 2.30. The van der Waals surface area contributed by atoms with Crippen LogP contribution in [0.4, 0.5) is 0 Å². The lowest BCUT2D eigenvalue weighted by atomic mass is 9.98. The van der Waals surface area contributed by atoms with E-state index in [0.29, 0.717) is 6.04 Å². The summed E-state index contributed by atoms with van der Waals surface area (Å²) >= 11 is 4.24. The van der Waals surface area contributed by atoms with Gasteiger partial charge < -0.3 is 5.32 Å². The van der Waals surface area contributed by atoms with Crippen molar-refractivity contribution in [3.8, 4) is 0 Å². The van der Waals surface area contributed by atoms with E-state index in [4.69, 9.17) is 0 Å². The monoisotopic (exact) mass is 355 g/mol. The number of nitrogens with one attached hydrogen (secondary N) is 1. The molecule has 0 bridgehead atoms. The summed E-state index contributed by atoms with van der Waals surface area (Å²) in [6.45, 7) is 1.11. The fraction of sp³-hybridized carbons (Fsp3) is 0.286. The summed E-state index contributed by atoms with van der Waals surface area (Å²) in [5.74, 6) is 0. The molecule has 88 valence electrons. The van der Waals surface area contributed by atoms with Crippen LogP contribution < -0.4 is 5.32 Å². The topological polar surface area (TPSA) is 12.0 Å². The summed E-state index contributed by atoms with van der Waals surface area (Å²) in [7, 11) is 0. The van der Waals surface area contributed by atoms with Crippen LogP contribution in [0.5, 0.6) is 0 Å². The molecule has 1 aliphatic heterocycles. The molecule has 0 unspecified atom stereocenters. The average Bonchev–Trinajstić information content (AvgIpc) is 2.81. The highest BCUT2D eigenvalue weighted by Gasteiger charge is 2.20. The van der Waals surface area contributed by atoms with Crippen LogP contribution >= 0.6 is 33.9 Å². The standard InChI is InChI=1S/C14H14INS/c15-12-3-1-10(2-4-12)9-13-14-11(5-7-16-13)6-8-17-14/h1-4,6,8,13,16H,5,7,9H2/t13-/m0/s1. The van der Waals surface area contributed by atoms with E-state index in [0.717, 1.165) is 13.0 Å². The molecule has 1 aromatic carbocycles. The molecule has 2 heterocycles. The average molecular weight is 355 g/mol. The Hall–Kier alpha value is -0.390. The number of hydrogen-bond acceptors (Lipinski definition) is 2. The van der Waals surface area contributed by atoms with E-state index in [9.17, 15) is 0 Å². The molecule has 1 aliphatic rings. The maximum Gasteiger partial charge on any atom is 0.0458 e. The number of halogens is 1. The van der Waals surface area contributed by atoms with E-state index in [1.165, 1.54) is 20.4 Å². The van der Waals surface area contributed by atoms with Gasteiger partial charge in [0.2, 0.25) is 0 Å². The van der Waals surface area contributed by atoms with Crippen molar-refractivity contribution in [2.45, 2.75) is 18.9 Å². The molecule has 1 nitrogen and oxygen atoms in total. The van der Waals surface area contributed by atoms with Gasteiger partial charge in [0.25, 0.3) is 0 Å². The SMILES string of the molecule is Ic1ccc(C[C@@H]2NCCc3ccsc32)cc1. The van der Waals surface area contributed by atoms with Crippen LogP contribution in [0.1, 0.15) is 22.0 Å². The van der Waals surface area contributed by atoms with Gasteiger partial charge in [-0.3, -0.25) is 0 Å². The van der Waals surface area contributed by atoms with Crippen molar-refractivity contribution in [3.05, 3.63) is 55.3 Å². The van der Waals surface area contributed by atoms with Gasteiger partial charge in [0.1, 0.15) is 0 Å². The van der Waals surface area contributed by atoms with E-state index < -0.39 is 0 Å². The third kappa shape index (κ3) is 2.56. The first-order valence-corrected chi connectivity index (χ1v) is 7.83. The Kier molecular flexibility index (Phi) is 3.49. The van der Waals surface area contributed by atoms with E-state index in [1.807, 2.05) is 11.3 Å². The molecule has 0 fully saturated rings. The van der Waals surface area contributed by atoms with Gasteiger partial charge in [-0.25, -0.2) is 0 Å². The fourth-order valence-corrected chi connectivity index (χ4v) is 3.75. The molecule has 0 radical (unpaired) electrons. The molecule has 1 atom stereocenters. The summed E-state index contributed by atoms with van der Waals surface area (Å²) in [5.41, 5.74) is 2.97. The second-order valence-corrected chi connectivity index (χ2v) is 6.59. The van der Waals surface area contributed by atoms with Crippen molar-refractivity contribution in [1.29, 1.82) is 0 Å². The quantitative estimate of drug-likeness (QED) is 0.809. The van der Waals surface area contributed by atoms with Crippen molar-refractivity contribution >= 4 is 33.9 Å². The van der Waals surface area contributed by atoms with E-state index in [2.05, 4.69) is 63.6 Å². The van der Waals surface area contributed by atoms with Crippen molar-refractivity contribution < 1.29 is 0 Å². The van der Waals surface area contributed by atoms with Crippen LogP contribution in [0, 0.1) is 3.57 Å². The van der Waals surface area contributed by atoms with Gasteiger partial charge in [-0.2, -0.15) is 0 Å². The summed E-state index contributed by atoms with van der Waals surface area (Å²) in [6.07, 6.45) is 2.28. The number of rotatable bonds is 2. The maximum absolute atomic E-state index is 3.63. The molecule has 0 spiro atoms. The Morgan fingerprint density at radius 1 is 1.24 bits per heavy atom. The molecule has 0 saturated carbocycles. The Labute approximate surface area is 119 Å². The van der Waals surface area contributed by atoms with Crippen LogP contribution in [0.25, 0.3) is 0 Å². The van der Waals surface area contributed by atoms with Gasteiger partial charge in [0.05, 0.1) is 0 Å². The zero-order valence-electron chi connectivity index (χ0n) is 9.45. The van der Waals surface area contributed by atoms with Gasteiger partial charge in [0, 0.05) is 14.5 Å². The highest BCUT2D eigenvalue weighted by molar-refractivity contribution is 14.1. The predicted molar refractivity (Wildman–Crippen MR) is 81.6 cm³/mol. The lowest BCUT2D eigenvalue weighted by molar-refractivity contribution is 0.512.